The first kappa shape index (κ1) is 17.2. The average Bonchev–Trinajstić information content (AvgIpc) is 2.62. The minimum atomic E-state index is -1.19. The van der Waals surface area contributed by atoms with E-state index in [0.717, 1.165) is 22.4 Å². The molecule has 0 fully saturated rings. The third-order valence-electron chi connectivity index (χ3n) is 4.72. The van der Waals surface area contributed by atoms with Crippen molar-refractivity contribution in [2.24, 2.45) is 0 Å². The van der Waals surface area contributed by atoms with Crippen LogP contribution in [0.3, 0.4) is 0 Å². The minimum absolute atomic E-state index is 0.867. The van der Waals surface area contributed by atoms with Gasteiger partial charge in [0, 0.05) is 19.8 Å². The molecule has 0 aliphatic carbocycles. The molecule has 0 saturated heterocycles. The van der Waals surface area contributed by atoms with Gasteiger partial charge in [0.05, 0.1) is 0 Å². The Morgan fingerprint density at radius 2 is 1.16 bits per heavy atom. The Bertz CT molecular complexity index is 803. The molecule has 3 aromatic rings. The van der Waals surface area contributed by atoms with Crippen molar-refractivity contribution in [1.82, 2.24) is 0 Å². The molecule has 128 valence electrons. The molecule has 1 N–H and O–H groups in total. The summed E-state index contributed by atoms with van der Waals surface area (Å²) in [6.45, 7) is 4.11. The molecule has 3 rings (SSSR count). The Hall–Kier alpha value is -2.58. The van der Waals surface area contributed by atoms with Gasteiger partial charge in [0.15, 0.2) is 0 Å². The number of anilines is 1. The van der Waals surface area contributed by atoms with E-state index >= 15 is 0 Å². The summed E-state index contributed by atoms with van der Waals surface area (Å²) in [6.07, 6.45) is 0. The summed E-state index contributed by atoms with van der Waals surface area (Å²) in [5.74, 6) is 0. The van der Waals surface area contributed by atoms with Crippen molar-refractivity contribution in [3.8, 4) is 0 Å². The van der Waals surface area contributed by atoms with Gasteiger partial charge in [-0.25, -0.2) is 0 Å². The molecular formula is C23H25NO. The van der Waals surface area contributed by atoms with E-state index < -0.39 is 5.60 Å². The number of aryl methyl sites for hydroxylation is 2. The van der Waals surface area contributed by atoms with Crippen LogP contribution in [0.5, 0.6) is 0 Å². The highest BCUT2D eigenvalue weighted by atomic mass is 16.3. The van der Waals surface area contributed by atoms with Gasteiger partial charge in [-0.1, -0.05) is 71.8 Å². The van der Waals surface area contributed by atoms with Crippen LogP contribution < -0.4 is 4.90 Å². The number of hydrogen-bond acceptors (Lipinski definition) is 2. The lowest BCUT2D eigenvalue weighted by molar-refractivity contribution is 0.125. The van der Waals surface area contributed by atoms with Gasteiger partial charge in [-0.2, -0.15) is 0 Å². The molecule has 0 bridgehead atoms. The van der Waals surface area contributed by atoms with E-state index in [4.69, 9.17) is 0 Å². The summed E-state index contributed by atoms with van der Waals surface area (Å²) >= 11 is 0. The van der Waals surface area contributed by atoms with E-state index in [1.165, 1.54) is 11.1 Å². The SMILES string of the molecule is Cc1ccc(C(O)(c2ccc(C)cc2)c2cccc(N(C)C)c2)cc1. The molecule has 0 heterocycles. The number of benzene rings is 3. The summed E-state index contributed by atoms with van der Waals surface area (Å²) in [5.41, 5.74) is 4.85. The molecule has 0 unspecified atom stereocenters. The first-order valence-corrected chi connectivity index (χ1v) is 8.56. The normalized spacial score (nSPS) is 11.4. The fraction of sp³-hybridized carbons (Fsp3) is 0.217. The summed E-state index contributed by atoms with van der Waals surface area (Å²) in [7, 11) is 4.02. The Kier molecular flexibility index (Phi) is 4.65. The Labute approximate surface area is 150 Å². The standard InChI is InChI=1S/C23H25NO/c1-17-8-12-19(13-9-17)23(25,20-14-10-18(2)11-15-20)21-6-5-7-22(16-21)24(3)4/h5-16,25H,1-4H3. The van der Waals surface area contributed by atoms with E-state index in [2.05, 4.69) is 19.9 Å². The van der Waals surface area contributed by atoms with E-state index in [-0.39, 0.29) is 0 Å². The predicted octanol–water partition coefficient (Wildman–Crippen LogP) is 4.65. The van der Waals surface area contributed by atoms with Gasteiger partial charge in [-0.15, -0.1) is 0 Å². The molecule has 0 radical (unpaired) electrons. The van der Waals surface area contributed by atoms with Crippen molar-refractivity contribution in [3.05, 3.63) is 101 Å². The van der Waals surface area contributed by atoms with Crippen LogP contribution in [0.25, 0.3) is 0 Å². The molecule has 0 aliphatic rings. The third kappa shape index (κ3) is 3.31. The second-order valence-corrected chi connectivity index (χ2v) is 6.89. The Morgan fingerprint density at radius 1 is 0.680 bits per heavy atom. The average molecular weight is 331 g/mol. The summed E-state index contributed by atoms with van der Waals surface area (Å²) in [6, 6.07) is 24.3. The Balaban J connectivity index is 2.23. The first-order chi connectivity index (χ1) is 11.9. The lowest BCUT2D eigenvalue weighted by Crippen LogP contribution is -2.29. The summed E-state index contributed by atoms with van der Waals surface area (Å²) in [5, 5.41) is 11.9. The summed E-state index contributed by atoms with van der Waals surface area (Å²) < 4.78 is 0. The van der Waals surface area contributed by atoms with Crippen molar-refractivity contribution < 1.29 is 5.11 Å². The van der Waals surface area contributed by atoms with Gasteiger partial charge in [0.2, 0.25) is 0 Å². The monoisotopic (exact) mass is 331 g/mol. The van der Waals surface area contributed by atoms with Crippen molar-refractivity contribution >= 4 is 5.69 Å². The van der Waals surface area contributed by atoms with Crippen molar-refractivity contribution in [2.45, 2.75) is 19.4 Å². The number of nitrogens with zero attached hydrogens (tertiary/aromatic N) is 1. The third-order valence-corrected chi connectivity index (χ3v) is 4.72. The molecule has 0 aliphatic heterocycles. The number of aliphatic hydroxyl groups is 1. The second-order valence-electron chi connectivity index (χ2n) is 6.89. The maximum absolute atomic E-state index is 11.9. The number of rotatable bonds is 4. The summed E-state index contributed by atoms with van der Waals surface area (Å²) in [4.78, 5) is 2.05. The van der Waals surface area contributed by atoms with Crippen LogP contribution in [0.2, 0.25) is 0 Å². The first-order valence-electron chi connectivity index (χ1n) is 8.56. The van der Waals surface area contributed by atoms with E-state index in [1.54, 1.807) is 0 Å². The van der Waals surface area contributed by atoms with E-state index in [9.17, 15) is 5.11 Å². The molecule has 0 aromatic heterocycles. The van der Waals surface area contributed by atoms with Gasteiger partial charge in [0.1, 0.15) is 5.60 Å². The lowest BCUT2D eigenvalue weighted by Gasteiger charge is -2.31. The van der Waals surface area contributed by atoms with Crippen LogP contribution in [0, 0.1) is 13.8 Å². The zero-order valence-electron chi connectivity index (χ0n) is 15.3. The fourth-order valence-corrected chi connectivity index (χ4v) is 3.10. The Morgan fingerprint density at radius 3 is 1.60 bits per heavy atom. The lowest BCUT2D eigenvalue weighted by atomic mass is 9.80. The van der Waals surface area contributed by atoms with E-state index in [0.29, 0.717) is 0 Å². The fourth-order valence-electron chi connectivity index (χ4n) is 3.10. The molecule has 0 amide bonds. The quantitative estimate of drug-likeness (QED) is 0.703. The highest BCUT2D eigenvalue weighted by Crippen LogP contribution is 2.38. The van der Waals surface area contributed by atoms with Crippen molar-refractivity contribution in [2.75, 3.05) is 19.0 Å². The van der Waals surface area contributed by atoms with Crippen LogP contribution in [-0.4, -0.2) is 19.2 Å². The van der Waals surface area contributed by atoms with Crippen LogP contribution in [0.15, 0.2) is 72.8 Å². The van der Waals surface area contributed by atoms with Crippen molar-refractivity contribution in [1.29, 1.82) is 0 Å². The van der Waals surface area contributed by atoms with Gasteiger partial charge in [0.25, 0.3) is 0 Å². The predicted molar refractivity (Wildman–Crippen MR) is 105 cm³/mol. The zero-order valence-corrected chi connectivity index (χ0v) is 15.3. The molecule has 0 saturated carbocycles. The molecule has 3 aromatic carbocycles. The van der Waals surface area contributed by atoms with Gasteiger partial charge >= 0.3 is 0 Å². The van der Waals surface area contributed by atoms with E-state index in [1.807, 2.05) is 85.7 Å². The highest BCUT2D eigenvalue weighted by Gasteiger charge is 2.34. The van der Waals surface area contributed by atoms with Crippen LogP contribution in [-0.2, 0) is 5.60 Å². The van der Waals surface area contributed by atoms with Crippen LogP contribution in [0.1, 0.15) is 27.8 Å². The van der Waals surface area contributed by atoms with Gasteiger partial charge in [-0.3, -0.25) is 0 Å². The van der Waals surface area contributed by atoms with Gasteiger partial charge < -0.3 is 10.0 Å². The molecule has 2 nitrogen and oxygen atoms in total. The minimum Gasteiger partial charge on any atom is -0.378 e. The zero-order chi connectivity index (χ0) is 18.0. The largest absolute Gasteiger partial charge is 0.378 e. The molecule has 2 heteroatoms. The van der Waals surface area contributed by atoms with Crippen LogP contribution in [0.4, 0.5) is 5.69 Å². The topological polar surface area (TPSA) is 23.5 Å². The molecule has 0 spiro atoms. The molecule has 25 heavy (non-hydrogen) atoms. The highest BCUT2D eigenvalue weighted by molar-refractivity contribution is 5.54. The smallest absolute Gasteiger partial charge is 0.140 e. The molecular weight excluding hydrogens is 306 g/mol. The van der Waals surface area contributed by atoms with Gasteiger partial charge in [-0.05, 0) is 42.7 Å². The molecule has 0 atom stereocenters. The second kappa shape index (κ2) is 6.73. The van der Waals surface area contributed by atoms with Crippen molar-refractivity contribution in [3.63, 3.8) is 0 Å². The maximum atomic E-state index is 11.9. The van der Waals surface area contributed by atoms with Crippen LogP contribution >= 0.6 is 0 Å². The maximum Gasteiger partial charge on any atom is 0.140 e. The number of hydrogen-bond donors (Lipinski definition) is 1.